The lowest BCUT2D eigenvalue weighted by Crippen LogP contribution is -2.51. The maximum Gasteiger partial charge on any atom is 0.242 e. The highest BCUT2D eigenvalue weighted by molar-refractivity contribution is 5.80. The lowest BCUT2D eigenvalue weighted by molar-refractivity contribution is -0.131. The molecule has 0 aromatic heterocycles. The van der Waals surface area contributed by atoms with Crippen LogP contribution in [0.1, 0.15) is 51.2 Å². The third-order valence-corrected chi connectivity index (χ3v) is 8.35. The van der Waals surface area contributed by atoms with E-state index in [0.29, 0.717) is 19.6 Å². The first-order valence-electron chi connectivity index (χ1n) is 15.2. The largest absolute Gasteiger partial charge is 0.371 e. The number of fused-ring (bicyclic) bond motifs is 1. The van der Waals surface area contributed by atoms with Crippen molar-refractivity contribution >= 4 is 36.4 Å². The van der Waals surface area contributed by atoms with Crippen LogP contribution in [0, 0.1) is 0 Å². The number of allylic oxidation sites excluding steroid dienone is 2. The first-order chi connectivity index (χ1) is 20.5. The van der Waals surface area contributed by atoms with Crippen LogP contribution in [0.3, 0.4) is 0 Å². The molecule has 1 amide bonds. The van der Waals surface area contributed by atoms with Gasteiger partial charge in [-0.3, -0.25) is 19.8 Å². The fraction of sp³-hybridized carbons (Fsp3) is 0.455. The van der Waals surface area contributed by atoms with Crippen LogP contribution in [0.5, 0.6) is 0 Å². The molecular weight excluding hydrogens is 524 g/mol. The second-order valence-corrected chi connectivity index (χ2v) is 11.3. The van der Waals surface area contributed by atoms with Crippen LogP contribution >= 0.6 is 0 Å². The molecule has 4 aliphatic rings. The average molecular weight is 569 g/mol. The number of carbonyl (C=O) groups is 1. The second kappa shape index (κ2) is 13.7. The minimum Gasteiger partial charge on any atom is -0.371 e. The van der Waals surface area contributed by atoms with Gasteiger partial charge in [0.1, 0.15) is 11.5 Å². The molecule has 4 aliphatic heterocycles. The molecule has 1 aromatic carbocycles. The monoisotopic (exact) mass is 568 g/mol. The van der Waals surface area contributed by atoms with E-state index in [2.05, 4.69) is 75.8 Å². The highest BCUT2D eigenvalue weighted by Crippen LogP contribution is 2.32. The van der Waals surface area contributed by atoms with E-state index in [4.69, 9.17) is 0 Å². The quantitative estimate of drug-likeness (QED) is 0.447. The molecule has 0 aliphatic carbocycles. The normalized spacial score (nSPS) is 19.4. The zero-order valence-corrected chi connectivity index (χ0v) is 25.3. The summed E-state index contributed by atoms with van der Waals surface area (Å²) >= 11 is 0. The number of nitrogens with zero attached hydrogens (tertiary/aromatic N) is 7. The maximum absolute atomic E-state index is 13.5. The highest BCUT2D eigenvalue weighted by atomic mass is 16.2. The molecule has 1 N–H and O–H groups in total. The average Bonchev–Trinajstić information content (AvgIpc) is 3.19. The Morgan fingerprint density at radius 3 is 2.67 bits per heavy atom. The van der Waals surface area contributed by atoms with Gasteiger partial charge >= 0.3 is 0 Å². The zero-order chi connectivity index (χ0) is 29.5. The lowest BCUT2D eigenvalue weighted by atomic mass is 9.97. The van der Waals surface area contributed by atoms with E-state index in [1.165, 1.54) is 28.1 Å². The van der Waals surface area contributed by atoms with Gasteiger partial charge in [0, 0.05) is 93.7 Å². The van der Waals surface area contributed by atoms with Crippen molar-refractivity contribution < 1.29 is 4.79 Å². The predicted molar refractivity (Wildman–Crippen MR) is 174 cm³/mol. The third kappa shape index (κ3) is 6.50. The van der Waals surface area contributed by atoms with Crippen LogP contribution in [-0.2, 0) is 11.2 Å². The summed E-state index contributed by atoms with van der Waals surface area (Å²) in [5.74, 6) is 0.841. The van der Waals surface area contributed by atoms with Crippen molar-refractivity contribution in [3.8, 4) is 0 Å². The molecular formula is C33H44N8O. The molecule has 0 unspecified atom stereocenters. The van der Waals surface area contributed by atoms with Crippen LogP contribution in [0.2, 0.25) is 0 Å². The zero-order valence-electron chi connectivity index (χ0n) is 25.3. The predicted octanol–water partition coefficient (Wildman–Crippen LogP) is 4.42. The molecule has 1 saturated heterocycles. The lowest BCUT2D eigenvalue weighted by Gasteiger charge is -2.38. The minimum atomic E-state index is 0.0769. The van der Waals surface area contributed by atoms with Crippen LogP contribution < -0.4 is 10.2 Å². The Morgan fingerprint density at radius 2 is 1.93 bits per heavy atom. The number of carbonyl (C=O) groups excluding carboxylic acids is 1. The molecule has 0 saturated carbocycles. The number of aliphatic imine (C=N–C) groups is 3. The van der Waals surface area contributed by atoms with Gasteiger partial charge in [-0.05, 0) is 68.7 Å². The molecule has 0 atom stereocenters. The molecule has 5 rings (SSSR count). The number of amides is 1. The summed E-state index contributed by atoms with van der Waals surface area (Å²) in [6, 6.07) is 6.60. The number of aryl methyl sites for hydroxylation is 1. The van der Waals surface area contributed by atoms with Gasteiger partial charge in [0.2, 0.25) is 5.91 Å². The molecule has 1 aromatic rings. The van der Waals surface area contributed by atoms with Crippen molar-refractivity contribution in [2.75, 3.05) is 57.3 Å². The SMILES string of the molecule is C=N/C(=C(/NCC(=O)N1CCN(C2=C(C)CC=NC=C2C)CC1)N1C=CN=CC1)c1ccc2c(c1)CCCN2CCC. The molecule has 222 valence electrons. The van der Waals surface area contributed by atoms with E-state index in [-0.39, 0.29) is 12.5 Å². The van der Waals surface area contributed by atoms with Gasteiger partial charge in [-0.2, -0.15) is 0 Å². The standard InChI is InChI=1S/C33H44N8O/c1-5-14-38-15-6-7-27-22-28(8-9-29(27)38)31(34-4)33(41-16-12-35-13-17-41)37-24-30(42)39-18-20-40(21-19-39)32-25(2)10-11-36-23-26(32)3/h8-9,11-13,16,22-23,37H,4-7,10,14-15,17-21,24H2,1-3H3/b33-31-. The summed E-state index contributed by atoms with van der Waals surface area (Å²) in [5, 5.41) is 3.45. The smallest absolute Gasteiger partial charge is 0.242 e. The number of benzene rings is 1. The van der Waals surface area contributed by atoms with Gasteiger partial charge < -0.3 is 24.9 Å². The van der Waals surface area contributed by atoms with Crippen molar-refractivity contribution in [1.82, 2.24) is 20.0 Å². The summed E-state index contributed by atoms with van der Waals surface area (Å²) in [6.45, 7) is 16.4. The Morgan fingerprint density at radius 1 is 1.10 bits per heavy atom. The summed E-state index contributed by atoms with van der Waals surface area (Å²) in [6.07, 6.45) is 13.6. The summed E-state index contributed by atoms with van der Waals surface area (Å²) in [7, 11) is 0. The van der Waals surface area contributed by atoms with E-state index in [9.17, 15) is 4.79 Å². The molecule has 1 fully saturated rings. The van der Waals surface area contributed by atoms with Gasteiger partial charge in [0.05, 0.1) is 13.1 Å². The van der Waals surface area contributed by atoms with Crippen LogP contribution in [0.25, 0.3) is 5.70 Å². The maximum atomic E-state index is 13.5. The third-order valence-electron chi connectivity index (χ3n) is 8.35. The van der Waals surface area contributed by atoms with Gasteiger partial charge in [-0.1, -0.05) is 13.0 Å². The highest BCUT2D eigenvalue weighted by Gasteiger charge is 2.26. The van der Waals surface area contributed by atoms with Crippen molar-refractivity contribution in [3.63, 3.8) is 0 Å². The number of rotatable bonds is 9. The van der Waals surface area contributed by atoms with E-state index >= 15 is 0 Å². The molecule has 4 heterocycles. The fourth-order valence-electron chi connectivity index (χ4n) is 6.31. The van der Waals surface area contributed by atoms with Gasteiger partial charge in [0.15, 0.2) is 0 Å². The van der Waals surface area contributed by atoms with Crippen molar-refractivity contribution in [3.05, 3.63) is 70.6 Å². The minimum absolute atomic E-state index is 0.0769. The Balaban J connectivity index is 1.31. The topological polar surface area (TPSA) is 79.1 Å². The van der Waals surface area contributed by atoms with E-state index in [0.717, 1.165) is 68.9 Å². The second-order valence-electron chi connectivity index (χ2n) is 11.3. The molecule has 0 spiro atoms. The first kappa shape index (κ1) is 29.4. The number of nitrogens with one attached hydrogen (secondary N) is 1. The van der Waals surface area contributed by atoms with Crippen LogP contribution in [-0.4, -0.2) is 92.1 Å². The molecule has 9 heteroatoms. The first-order valence-corrected chi connectivity index (χ1v) is 15.2. The fourth-order valence-corrected chi connectivity index (χ4v) is 6.31. The van der Waals surface area contributed by atoms with Crippen molar-refractivity contribution in [2.24, 2.45) is 15.0 Å². The van der Waals surface area contributed by atoms with Gasteiger partial charge in [-0.15, -0.1) is 0 Å². The van der Waals surface area contributed by atoms with E-state index in [1.807, 2.05) is 34.6 Å². The summed E-state index contributed by atoms with van der Waals surface area (Å²) < 4.78 is 0. The van der Waals surface area contributed by atoms with Gasteiger partial charge in [0.25, 0.3) is 0 Å². The summed E-state index contributed by atoms with van der Waals surface area (Å²) in [4.78, 5) is 35.4. The summed E-state index contributed by atoms with van der Waals surface area (Å²) in [5.41, 5.74) is 8.17. The van der Waals surface area contributed by atoms with Gasteiger partial charge in [-0.25, -0.2) is 0 Å². The number of hydrogen-bond acceptors (Lipinski definition) is 8. The number of hydrogen-bond donors (Lipinski definition) is 1. The Hall–Kier alpha value is -4.14. The molecule has 0 radical (unpaired) electrons. The molecule has 9 nitrogen and oxygen atoms in total. The Labute approximate surface area is 250 Å². The van der Waals surface area contributed by atoms with E-state index < -0.39 is 0 Å². The Bertz CT molecular complexity index is 1360. The Kier molecular flexibility index (Phi) is 9.56. The van der Waals surface area contributed by atoms with Crippen LogP contribution in [0.4, 0.5) is 5.69 Å². The van der Waals surface area contributed by atoms with Crippen LogP contribution in [0.15, 0.2) is 74.4 Å². The molecule has 0 bridgehead atoms. The van der Waals surface area contributed by atoms with Crippen molar-refractivity contribution in [1.29, 1.82) is 0 Å². The van der Waals surface area contributed by atoms with E-state index in [1.54, 1.807) is 6.20 Å². The number of anilines is 1. The van der Waals surface area contributed by atoms with Crippen molar-refractivity contribution in [2.45, 2.75) is 46.5 Å². The number of piperazine rings is 1. The molecule has 42 heavy (non-hydrogen) atoms.